The molecule has 1 aromatic heterocycles. The third-order valence-electron chi connectivity index (χ3n) is 6.97. The van der Waals surface area contributed by atoms with E-state index >= 15 is 0 Å². The van der Waals surface area contributed by atoms with Gasteiger partial charge < -0.3 is 23.8 Å². The van der Waals surface area contributed by atoms with E-state index in [0.717, 1.165) is 44.1 Å². The van der Waals surface area contributed by atoms with Gasteiger partial charge in [-0.3, -0.25) is 4.79 Å². The first kappa shape index (κ1) is 24.2. The van der Waals surface area contributed by atoms with Crippen LogP contribution >= 0.6 is 0 Å². The van der Waals surface area contributed by atoms with Gasteiger partial charge >= 0.3 is 5.97 Å². The average Bonchev–Trinajstić information content (AvgIpc) is 3.45. The number of rotatable bonds is 11. The van der Waals surface area contributed by atoms with Crippen molar-refractivity contribution in [2.75, 3.05) is 7.11 Å². The Labute approximate surface area is 209 Å². The largest absolute Gasteiger partial charge is 0.497 e. The molecule has 2 fully saturated rings. The highest BCUT2D eigenvalue weighted by Crippen LogP contribution is 2.45. The van der Waals surface area contributed by atoms with Gasteiger partial charge in [-0.05, 0) is 86.3 Å². The molecule has 0 unspecified atom stereocenters. The summed E-state index contributed by atoms with van der Waals surface area (Å²) >= 11 is 0. The molecule has 2 aliphatic rings. The van der Waals surface area contributed by atoms with Crippen LogP contribution in [0.5, 0.6) is 17.2 Å². The zero-order chi connectivity index (χ0) is 25.1. The van der Waals surface area contributed by atoms with E-state index in [2.05, 4.69) is 5.16 Å². The summed E-state index contributed by atoms with van der Waals surface area (Å²) in [6.07, 6.45) is 6.20. The van der Waals surface area contributed by atoms with Crippen LogP contribution in [0.2, 0.25) is 0 Å². The number of ether oxygens (including phenoxy) is 3. The lowest BCUT2D eigenvalue weighted by molar-refractivity contribution is -0.137. The number of carboxylic acids is 1. The lowest BCUT2D eigenvalue weighted by atomic mass is 9.91. The Hall–Kier alpha value is -3.55. The van der Waals surface area contributed by atoms with Crippen LogP contribution in [-0.2, 0) is 11.4 Å². The van der Waals surface area contributed by atoms with E-state index in [1.165, 1.54) is 13.2 Å². The summed E-state index contributed by atoms with van der Waals surface area (Å²) in [6, 6.07) is 12.0. The molecule has 1 N–H and O–H groups in total. The number of carbonyl (C=O) groups is 1. The number of aliphatic carboxylic acids is 1. The maximum atomic E-state index is 14.8. The van der Waals surface area contributed by atoms with Gasteiger partial charge in [-0.1, -0.05) is 17.3 Å². The van der Waals surface area contributed by atoms with Gasteiger partial charge in [-0.15, -0.1) is 0 Å². The molecule has 5 rings (SSSR count). The number of aromatic nitrogens is 1. The molecule has 1 heterocycles. The Bertz CT molecular complexity index is 1210. The summed E-state index contributed by atoms with van der Waals surface area (Å²) in [6.45, 7) is 0.0631. The van der Waals surface area contributed by atoms with Crippen molar-refractivity contribution in [3.05, 3.63) is 59.5 Å². The number of hydrogen-bond donors (Lipinski definition) is 1. The fraction of sp³-hybridized carbons (Fsp3) is 0.429. The van der Waals surface area contributed by atoms with Crippen LogP contribution in [-0.4, -0.2) is 29.4 Å². The van der Waals surface area contributed by atoms with E-state index in [9.17, 15) is 14.3 Å². The number of carboxylic acid groups (broad SMARTS) is 1. The van der Waals surface area contributed by atoms with Crippen LogP contribution in [0.3, 0.4) is 0 Å². The zero-order valence-corrected chi connectivity index (χ0v) is 20.2. The van der Waals surface area contributed by atoms with Gasteiger partial charge in [-0.25, -0.2) is 4.39 Å². The van der Waals surface area contributed by atoms with Crippen LogP contribution < -0.4 is 14.2 Å². The highest BCUT2D eigenvalue weighted by atomic mass is 19.1. The minimum absolute atomic E-state index is 0.00853. The molecule has 36 heavy (non-hydrogen) atoms. The van der Waals surface area contributed by atoms with E-state index in [-0.39, 0.29) is 36.4 Å². The molecule has 2 saturated carbocycles. The van der Waals surface area contributed by atoms with Crippen molar-refractivity contribution in [3.63, 3.8) is 0 Å². The van der Waals surface area contributed by atoms with Crippen LogP contribution in [0.25, 0.3) is 11.3 Å². The monoisotopic (exact) mass is 495 g/mol. The molecule has 1 atom stereocenters. The summed E-state index contributed by atoms with van der Waals surface area (Å²) in [5.41, 5.74) is 1.61. The molecule has 0 aliphatic heterocycles. The summed E-state index contributed by atoms with van der Waals surface area (Å²) in [5.74, 6) is 0.802. The SMILES string of the molecule is COc1ccc(F)c(-c2onc(COc3cccc([C@@H](CC(=O)O)C4CC4)c3)c2OC2CCCC2)c1. The molecular formula is C28H30FNO6. The molecule has 0 amide bonds. The van der Waals surface area contributed by atoms with Crippen molar-refractivity contribution in [1.82, 2.24) is 5.16 Å². The first-order valence-electron chi connectivity index (χ1n) is 12.5. The number of methoxy groups -OCH3 is 1. The fourth-order valence-corrected chi connectivity index (χ4v) is 4.91. The summed E-state index contributed by atoms with van der Waals surface area (Å²) in [7, 11) is 1.52. The summed E-state index contributed by atoms with van der Waals surface area (Å²) in [5, 5.41) is 13.5. The maximum absolute atomic E-state index is 14.8. The number of halogens is 1. The molecule has 3 aromatic rings. The van der Waals surface area contributed by atoms with Crippen molar-refractivity contribution >= 4 is 5.97 Å². The van der Waals surface area contributed by atoms with Crippen molar-refractivity contribution < 1.29 is 33.0 Å². The maximum Gasteiger partial charge on any atom is 0.303 e. The smallest absolute Gasteiger partial charge is 0.303 e. The molecular weight excluding hydrogens is 465 g/mol. The predicted octanol–water partition coefficient (Wildman–Crippen LogP) is 6.36. The van der Waals surface area contributed by atoms with E-state index in [4.69, 9.17) is 18.7 Å². The number of hydrogen-bond acceptors (Lipinski definition) is 6. The van der Waals surface area contributed by atoms with Crippen molar-refractivity contribution in [1.29, 1.82) is 0 Å². The predicted molar refractivity (Wildman–Crippen MR) is 130 cm³/mol. The molecule has 2 aromatic carbocycles. The topological polar surface area (TPSA) is 91.0 Å². The Balaban J connectivity index is 1.39. The minimum Gasteiger partial charge on any atom is -0.497 e. The second-order valence-corrected chi connectivity index (χ2v) is 9.56. The average molecular weight is 496 g/mol. The highest BCUT2D eigenvalue weighted by Gasteiger charge is 2.34. The molecule has 190 valence electrons. The van der Waals surface area contributed by atoms with Crippen LogP contribution in [0.4, 0.5) is 4.39 Å². The third-order valence-corrected chi connectivity index (χ3v) is 6.97. The van der Waals surface area contributed by atoms with Crippen molar-refractivity contribution in [2.24, 2.45) is 5.92 Å². The van der Waals surface area contributed by atoms with Crippen molar-refractivity contribution in [3.8, 4) is 28.6 Å². The molecule has 0 radical (unpaired) electrons. The standard InChI is InChI=1S/C28H30FNO6/c1-33-20-11-12-24(29)23(14-20)27-28(35-19-6-2-3-7-19)25(30-36-27)16-34-21-8-4-5-18(13-21)22(15-26(31)32)17-9-10-17/h4-5,8,11-14,17,19,22H,2-3,6-7,9-10,15-16H2,1H3,(H,31,32)/t22-/m0/s1. The Morgan fingerprint density at radius 1 is 1.14 bits per heavy atom. The molecule has 8 heteroatoms. The van der Waals surface area contributed by atoms with E-state index in [1.54, 1.807) is 12.1 Å². The Morgan fingerprint density at radius 2 is 1.94 bits per heavy atom. The van der Waals surface area contributed by atoms with Crippen LogP contribution in [0.15, 0.2) is 47.0 Å². The van der Waals surface area contributed by atoms with Gasteiger partial charge in [0.1, 0.15) is 23.9 Å². The number of benzene rings is 2. The molecule has 0 bridgehead atoms. The Kier molecular flexibility index (Phi) is 7.11. The van der Waals surface area contributed by atoms with Gasteiger partial charge in [-0.2, -0.15) is 0 Å². The zero-order valence-electron chi connectivity index (χ0n) is 20.2. The second-order valence-electron chi connectivity index (χ2n) is 9.56. The van der Waals surface area contributed by atoms with Crippen LogP contribution in [0, 0.1) is 11.7 Å². The van der Waals surface area contributed by atoms with Crippen LogP contribution in [0.1, 0.15) is 62.1 Å². The fourth-order valence-electron chi connectivity index (χ4n) is 4.91. The second kappa shape index (κ2) is 10.6. The van der Waals surface area contributed by atoms with Crippen molar-refractivity contribution in [2.45, 2.75) is 63.6 Å². The molecule has 0 spiro atoms. The summed E-state index contributed by atoms with van der Waals surface area (Å²) in [4.78, 5) is 11.4. The highest BCUT2D eigenvalue weighted by molar-refractivity contribution is 5.68. The summed E-state index contributed by atoms with van der Waals surface area (Å²) < 4.78 is 37.9. The molecule has 7 nitrogen and oxygen atoms in total. The molecule has 0 saturated heterocycles. The van der Waals surface area contributed by atoms with Gasteiger partial charge in [0.25, 0.3) is 0 Å². The quantitative estimate of drug-likeness (QED) is 0.331. The van der Waals surface area contributed by atoms with E-state index in [0.29, 0.717) is 28.9 Å². The van der Waals surface area contributed by atoms with Gasteiger partial charge in [0.05, 0.1) is 25.2 Å². The van der Waals surface area contributed by atoms with Gasteiger partial charge in [0, 0.05) is 0 Å². The van der Waals surface area contributed by atoms with Gasteiger partial charge in [0.15, 0.2) is 11.4 Å². The first-order valence-corrected chi connectivity index (χ1v) is 12.5. The number of nitrogens with zero attached hydrogens (tertiary/aromatic N) is 1. The lowest BCUT2D eigenvalue weighted by Crippen LogP contribution is -2.13. The third kappa shape index (κ3) is 5.48. The lowest BCUT2D eigenvalue weighted by Gasteiger charge is -2.16. The minimum atomic E-state index is -0.799. The first-order chi connectivity index (χ1) is 17.5. The Morgan fingerprint density at radius 3 is 2.67 bits per heavy atom. The van der Waals surface area contributed by atoms with E-state index in [1.807, 2.05) is 24.3 Å². The normalized spacial score (nSPS) is 16.6. The van der Waals surface area contributed by atoms with Gasteiger partial charge in [0.2, 0.25) is 5.76 Å². The van der Waals surface area contributed by atoms with E-state index < -0.39 is 11.8 Å². The molecule has 2 aliphatic carbocycles.